The molecule has 1 unspecified atom stereocenters. The smallest absolute Gasteiger partial charge is 0.450 e. The van der Waals surface area contributed by atoms with Crippen LogP contribution in [0.3, 0.4) is 0 Å². The van der Waals surface area contributed by atoms with Crippen LogP contribution in [0.5, 0.6) is 0 Å². The maximum absolute atomic E-state index is 6.06. The van der Waals surface area contributed by atoms with Crippen molar-refractivity contribution in [2.75, 3.05) is 0 Å². The SMILES string of the molecule is C=C(C)C(C)B(OB(O[B]C(C)C)C(C)C)OC(C)C. The van der Waals surface area contributed by atoms with Gasteiger partial charge in [-0.2, -0.15) is 0 Å². The van der Waals surface area contributed by atoms with Crippen LogP contribution in [-0.4, -0.2) is 27.8 Å². The Bertz CT molecular complexity index is 283. The second-order valence-corrected chi connectivity index (χ2v) is 6.45. The number of allylic oxidation sites excluding steroid dienone is 1. The molecule has 0 saturated heterocycles. The largest absolute Gasteiger partial charge is 0.479 e. The molecule has 0 N–H and O–H groups in total. The van der Waals surface area contributed by atoms with Gasteiger partial charge in [-0.3, -0.25) is 0 Å². The topological polar surface area (TPSA) is 27.7 Å². The van der Waals surface area contributed by atoms with Gasteiger partial charge in [-0.25, -0.2) is 0 Å². The van der Waals surface area contributed by atoms with Crippen LogP contribution in [0, 0.1) is 0 Å². The highest BCUT2D eigenvalue weighted by atomic mass is 16.6. The molecule has 0 aliphatic rings. The lowest BCUT2D eigenvalue weighted by atomic mass is 9.62. The van der Waals surface area contributed by atoms with Crippen molar-refractivity contribution in [3.8, 4) is 0 Å². The molecule has 113 valence electrons. The average Bonchev–Trinajstić information content (AvgIpc) is 2.30. The molecule has 0 aromatic rings. The Morgan fingerprint density at radius 2 is 1.55 bits per heavy atom. The minimum Gasteiger partial charge on any atom is -0.479 e. The van der Waals surface area contributed by atoms with Gasteiger partial charge in [0.25, 0.3) is 7.48 Å². The predicted molar refractivity (Wildman–Crippen MR) is 90.1 cm³/mol. The summed E-state index contributed by atoms with van der Waals surface area (Å²) >= 11 is 0. The molecule has 0 aromatic heterocycles. The van der Waals surface area contributed by atoms with E-state index in [-0.39, 0.29) is 32.0 Å². The molecular formula is C14H30B3O3. The normalized spacial score (nSPS) is 12.9. The number of hydrogen-bond acceptors (Lipinski definition) is 3. The van der Waals surface area contributed by atoms with Crippen molar-refractivity contribution in [2.24, 2.45) is 0 Å². The van der Waals surface area contributed by atoms with E-state index in [2.05, 4.69) is 41.2 Å². The quantitative estimate of drug-likeness (QED) is 0.442. The lowest BCUT2D eigenvalue weighted by molar-refractivity contribution is 0.191. The van der Waals surface area contributed by atoms with E-state index in [1.54, 1.807) is 0 Å². The van der Waals surface area contributed by atoms with E-state index < -0.39 is 0 Å². The van der Waals surface area contributed by atoms with Gasteiger partial charge in [0.1, 0.15) is 0 Å². The first-order chi connectivity index (χ1) is 9.15. The molecule has 0 aliphatic carbocycles. The maximum Gasteiger partial charge on any atom is 0.450 e. The Hall–Kier alpha value is -0.185. The molecule has 0 aliphatic heterocycles. The van der Waals surface area contributed by atoms with Crippen LogP contribution in [0.2, 0.25) is 17.5 Å². The zero-order valence-corrected chi connectivity index (χ0v) is 14.5. The van der Waals surface area contributed by atoms with Gasteiger partial charge in [0, 0.05) is 11.9 Å². The molecule has 0 bridgehead atoms. The minimum atomic E-state index is -0.333. The zero-order valence-electron chi connectivity index (χ0n) is 14.5. The molecule has 1 atom stereocenters. The molecule has 6 heteroatoms. The molecule has 0 rings (SSSR count). The highest BCUT2D eigenvalue weighted by Gasteiger charge is 2.35. The van der Waals surface area contributed by atoms with Crippen LogP contribution in [0.4, 0.5) is 0 Å². The van der Waals surface area contributed by atoms with Crippen LogP contribution >= 0.6 is 0 Å². The molecule has 0 saturated carbocycles. The summed E-state index contributed by atoms with van der Waals surface area (Å²) in [7, 11) is 1.19. The molecule has 20 heavy (non-hydrogen) atoms. The fourth-order valence-corrected chi connectivity index (χ4v) is 1.48. The van der Waals surface area contributed by atoms with E-state index in [4.69, 9.17) is 13.8 Å². The van der Waals surface area contributed by atoms with Gasteiger partial charge >= 0.3 is 14.2 Å². The summed E-state index contributed by atoms with van der Waals surface area (Å²) in [6.07, 6.45) is 0.101. The van der Waals surface area contributed by atoms with E-state index >= 15 is 0 Å². The van der Waals surface area contributed by atoms with Crippen molar-refractivity contribution >= 4 is 21.7 Å². The van der Waals surface area contributed by atoms with Crippen molar-refractivity contribution < 1.29 is 13.8 Å². The van der Waals surface area contributed by atoms with Crippen LogP contribution in [0.1, 0.15) is 55.4 Å². The fraction of sp³-hybridized carbons (Fsp3) is 0.857. The maximum atomic E-state index is 6.06. The summed E-state index contributed by atoms with van der Waals surface area (Å²) in [4.78, 5) is 0. The zero-order chi connectivity index (χ0) is 15.9. The first-order valence-electron chi connectivity index (χ1n) is 7.60. The molecule has 1 radical (unpaired) electrons. The first kappa shape index (κ1) is 19.8. The third-order valence-corrected chi connectivity index (χ3v) is 2.89. The van der Waals surface area contributed by atoms with Gasteiger partial charge in [0.15, 0.2) is 0 Å². The number of hydrogen-bond donors (Lipinski definition) is 0. The molecule has 0 aromatic carbocycles. The Labute approximate surface area is 127 Å². The van der Waals surface area contributed by atoms with E-state index in [9.17, 15) is 0 Å². The van der Waals surface area contributed by atoms with E-state index in [0.717, 1.165) is 5.57 Å². The molecule has 3 nitrogen and oxygen atoms in total. The van der Waals surface area contributed by atoms with Crippen molar-refractivity contribution in [3.05, 3.63) is 12.2 Å². The summed E-state index contributed by atoms with van der Waals surface area (Å²) in [5.41, 5.74) is 1.05. The van der Waals surface area contributed by atoms with Gasteiger partial charge in [-0.1, -0.05) is 40.2 Å². The van der Waals surface area contributed by atoms with Crippen LogP contribution in [-0.2, 0) is 13.8 Å². The Morgan fingerprint density at radius 1 is 1.00 bits per heavy atom. The van der Waals surface area contributed by atoms with E-state index in [1.807, 2.05) is 28.3 Å². The Kier molecular flexibility index (Phi) is 9.61. The summed E-state index contributed by atoms with van der Waals surface area (Å²) in [5.74, 6) is 0.741. The van der Waals surface area contributed by atoms with Crippen molar-refractivity contribution in [1.29, 1.82) is 0 Å². The summed E-state index contributed by atoms with van der Waals surface area (Å²) < 4.78 is 17.7. The Morgan fingerprint density at radius 3 is 1.90 bits per heavy atom. The summed E-state index contributed by atoms with van der Waals surface area (Å²) in [5, 5.41) is 0. The predicted octanol–water partition coefficient (Wildman–Crippen LogP) is 4.24. The monoisotopic (exact) mass is 279 g/mol. The van der Waals surface area contributed by atoms with Gasteiger partial charge in [-0.15, -0.1) is 6.58 Å². The van der Waals surface area contributed by atoms with Crippen molar-refractivity contribution in [3.63, 3.8) is 0 Å². The van der Waals surface area contributed by atoms with E-state index in [1.165, 1.54) is 0 Å². The fourth-order valence-electron chi connectivity index (χ4n) is 1.48. The molecule has 0 fully saturated rings. The van der Waals surface area contributed by atoms with Gasteiger partial charge < -0.3 is 13.8 Å². The van der Waals surface area contributed by atoms with E-state index in [0.29, 0.717) is 5.82 Å². The van der Waals surface area contributed by atoms with Crippen molar-refractivity contribution in [2.45, 2.75) is 78.9 Å². The van der Waals surface area contributed by atoms with Gasteiger partial charge in [0.05, 0.1) is 0 Å². The third-order valence-electron chi connectivity index (χ3n) is 2.89. The third kappa shape index (κ3) is 8.18. The second kappa shape index (κ2) is 9.70. The highest BCUT2D eigenvalue weighted by molar-refractivity contribution is 6.64. The minimum absolute atomic E-state index is 0.101. The summed E-state index contributed by atoms with van der Waals surface area (Å²) in [6.45, 7) is 20.4. The Balaban J connectivity index is 4.74. The van der Waals surface area contributed by atoms with Crippen molar-refractivity contribution in [1.82, 2.24) is 0 Å². The lowest BCUT2D eigenvalue weighted by Crippen LogP contribution is -2.41. The summed E-state index contributed by atoms with van der Waals surface area (Å²) in [6, 6.07) is 0. The second-order valence-electron chi connectivity index (χ2n) is 6.45. The van der Waals surface area contributed by atoms with Gasteiger partial charge in [-0.05, 0) is 32.4 Å². The highest BCUT2D eigenvalue weighted by Crippen LogP contribution is 2.24. The van der Waals surface area contributed by atoms with Crippen LogP contribution in [0.15, 0.2) is 12.2 Å². The molecule has 0 heterocycles. The average molecular weight is 279 g/mol. The van der Waals surface area contributed by atoms with Crippen LogP contribution < -0.4 is 0 Å². The van der Waals surface area contributed by atoms with Crippen LogP contribution in [0.25, 0.3) is 0 Å². The first-order valence-corrected chi connectivity index (χ1v) is 7.60. The lowest BCUT2D eigenvalue weighted by Gasteiger charge is -2.28. The number of rotatable bonds is 10. The molecule has 0 amide bonds. The standard InChI is InChI=1S/C14H30B3O3/c1-10(2)14(9)17(18-13(7)8)20-16(12(5)6)19-15-11(3)4/h11-14H,1H2,2-9H3. The molecular weight excluding hydrogens is 249 g/mol. The van der Waals surface area contributed by atoms with Gasteiger partial charge in [0.2, 0.25) is 0 Å². The molecule has 0 spiro atoms.